The van der Waals surface area contributed by atoms with Crippen LogP contribution in [0, 0.1) is 5.92 Å². The molecule has 2 N–H and O–H groups in total. The number of hydrogen-bond donors (Lipinski definition) is 2. The van der Waals surface area contributed by atoms with Crippen molar-refractivity contribution < 1.29 is 33.3 Å². The van der Waals surface area contributed by atoms with Crippen molar-refractivity contribution in [1.82, 2.24) is 0 Å². The first-order valence-electron chi connectivity index (χ1n) is 15.0. The van der Waals surface area contributed by atoms with E-state index in [-0.39, 0.29) is 10.1 Å². The normalized spacial score (nSPS) is 35.1. The lowest BCUT2D eigenvalue weighted by molar-refractivity contribution is -0.169. The number of methoxy groups -OCH3 is 1. The summed E-state index contributed by atoms with van der Waals surface area (Å²) in [5.74, 6) is -1.00. The number of carbonyl (C=O) groups is 1. The summed E-state index contributed by atoms with van der Waals surface area (Å²) in [5, 5.41) is 22.1. The van der Waals surface area contributed by atoms with Gasteiger partial charge in [-0.1, -0.05) is 60.6 Å². The molecule has 1 rings (SSSR count). The quantitative estimate of drug-likeness (QED) is 0.192. The summed E-state index contributed by atoms with van der Waals surface area (Å²) in [6, 6.07) is 0. The molecule has 40 heavy (non-hydrogen) atoms. The molecule has 1 aliphatic heterocycles. The fraction of sp³-hybridized carbons (Fsp3) is 0.903. The number of cyclic esters (lactones) is 1. The molecule has 0 fully saturated rings. The number of carbonyl (C=O) groups excluding carboxylic acids is 1. The van der Waals surface area contributed by atoms with E-state index in [4.69, 9.17) is 18.3 Å². The van der Waals surface area contributed by atoms with Crippen LogP contribution >= 0.6 is 0 Å². The van der Waals surface area contributed by atoms with Crippen LogP contribution in [-0.2, 0) is 23.1 Å². The van der Waals surface area contributed by atoms with Crippen LogP contribution in [0.5, 0.6) is 0 Å². The van der Waals surface area contributed by atoms with Crippen molar-refractivity contribution >= 4 is 22.6 Å². The molecule has 0 radical (unpaired) electrons. The van der Waals surface area contributed by atoms with Crippen LogP contribution in [0.25, 0.3) is 0 Å². The number of esters is 1. The van der Waals surface area contributed by atoms with Crippen molar-refractivity contribution in [3.05, 3.63) is 12.2 Å². The van der Waals surface area contributed by atoms with Crippen LogP contribution in [0.4, 0.5) is 0 Å². The zero-order valence-electron chi connectivity index (χ0n) is 28.3. The van der Waals surface area contributed by atoms with Gasteiger partial charge in [0.25, 0.3) is 0 Å². The van der Waals surface area contributed by atoms with Crippen LogP contribution in [0.2, 0.25) is 36.3 Å². The monoisotopic (exact) mass is 602 g/mol. The maximum atomic E-state index is 13.6. The van der Waals surface area contributed by atoms with Gasteiger partial charge in [-0.05, 0) is 76.3 Å². The van der Waals surface area contributed by atoms with E-state index >= 15 is 0 Å². The zero-order chi connectivity index (χ0) is 31.5. The molecule has 0 spiro atoms. The minimum Gasteiger partial charge on any atom is -0.459 e. The second kappa shape index (κ2) is 13.4. The largest absolute Gasteiger partial charge is 0.459 e. The lowest BCUT2D eigenvalue weighted by Gasteiger charge is -2.49. The van der Waals surface area contributed by atoms with Gasteiger partial charge in [-0.3, -0.25) is 4.79 Å². The van der Waals surface area contributed by atoms with Gasteiger partial charge in [-0.15, -0.1) is 0 Å². The van der Waals surface area contributed by atoms with Crippen molar-refractivity contribution in [2.24, 2.45) is 5.92 Å². The summed E-state index contributed by atoms with van der Waals surface area (Å²) >= 11 is 0. The van der Waals surface area contributed by atoms with E-state index in [0.717, 1.165) is 0 Å². The van der Waals surface area contributed by atoms with Crippen molar-refractivity contribution in [2.75, 3.05) is 7.11 Å². The Morgan fingerprint density at radius 1 is 1.05 bits per heavy atom. The van der Waals surface area contributed by atoms with Crippen molar-refractivity contribution in [3.8, 4) is 0 Å². The van der Waals surface area contributed by atoms with Gasteiger partial charge < -0.3 is 28.5 Å². The third-order valence-electron chi connectivity index (χ3n) is 9.76. The molecule has 0 saturated heterocycles. The molecule has 0 aromatic heterocycles. The van der Waals surface area contributed by atoms with E-state index in [1.165, 1.54) is 0 Å². The molecule has 9 heteroatoms. The summed E-state index contributed by atoms with van der Waals surface area (Å²) in [7, 11) is -2.87. The predicted molar refractivity (Wildman–Crippen MR) is 169 cm³/mol. The SMILES string of the molecule is CC[C@H]1OC(=O)[C@H](C)[C@@H](O[Si](C)(C)C(C)(C)C)C[C@@H](OC)[C@](C)(O[Si](C)(C)C(C)(C)C)CCC(O)/C=C/[C@]1(C)O. The minimum atomic E-state index is -2.30. The third kappa shape index (κ3) is 9.48. The average Bonchev–Trinajstić information content (AvgIpc) is 2.79. The molecule has 0 aliphatic carbocycles. The highest BCUT2D eigenvalue weighted by Gasteiger charge is 2.49. The first kappa shape index (κ1) is 37.5. The first-order chi connectivity index (χ1) is 17.8. The van der Waals surface area contributed by atoms with Crippen molar-refractivity contribution in [1.29, 1.82) is 0 Å². The lowest BCUT2D eigenvalue weighted by Crippen LogP contribution is -2.56. The van der Waals surface area contributed by atoms with E-state index in [0.29, 0.717) is 25.7 Å². The topological polar surface area (TPSA) is 94.5 Å². The highest BCUT2D eigenvalue weighted by Crippen LogP contribution is 2.44. The van der Waals surface area contributed by atoms with E-state index in [2.05, 4.69) is 74.7 Å². The molecule has 1 aliphatic rings. The third-order valence-corrected chi connectivity index (χ3v) is 18.9. The van der Waals surface area contributed by atoms with E-state index in [1.54, 1.807) is 26.2 Å². The number of rotatable bonds is 6. The average molecular weight is 603 g/mol. The maximum Gasteiger partial charge on any atom is 0.311 e. The molecule has 0 bridgehead atoms. The highest BCUT2D eigenvalue weighted by atomic mass is 28.4. The molecule has 7 nitrogen and oxygen atoms in total. The Kier molecular flexibility index (Phi) is 12.5. The van der Waals surface area contributed by atoms with E-state index in [1.807, 2.05) is 13.8 Å². The lowest BCUT2D eigenvalue weighted by atomic mass is 9.85. The molecule has 236 valence electrons. The van der Waals surface area contributed by atoms with E-state index in [9.17, 15) is 15.0 Å². The zero-order valence-corrected chi connectivity index (χ0v) is 30.3. The molecule has 0 amide bonds. The second-order valence-corrected chi connectivity index (χ2v) is 24.8. The number of hydrogen-bond acceptors (Lipinski definition) is 7. The number of ether oxygens (including phenoxy) is 2. The highest BCUT2D eigenvalue weighted by molar-refractivity contribution is 6.74. The Morgan fingerprint density at radius 2 is 1.57 bits per heavy atom. The van der Waals surface area contributed by atoms with Gasteiger partial charge in [0, 0.05) is 13.5 Å². The molecular weight excluding hydrogens is 541 g/mol. The van der Waals surface area contributed by atoms with Crippen LogP contribution in [0.15, 0.2) is 12.2 Å². The van der Waals surface area contributed by atoms with Crippen LogP contribution in [0.1, 0.15) is 94.9 Å². The van der Waals surface area contributed by atoms with Gasteiger partial charge in [0.15, 0.2) is 16.6 Å². The van der Waals surface area contributed by atoms with Gasteiger partial charge >= 0.3 is 5.97 Å². The first-order valence-corrected chi connectivity index (χ1v) is 20.9. The Labute approximate surface area is 247 Å². The fourth-order valence-corrected chi connectivity index (χ4v) is 7.80. The van der Waals surface area contributed by atoms with Gasteiger partial charge in [0.1, 0.15) is 11.7 Å². The standard InChI is InChI=1S/C31H62O7Si2/c1-16-25-30(9,34)19-17-23(32)18-20-31(10,38-40(14,15)29(6,7)8)26(35-11)21-24(22(2)27(33)36-25)37-39(12,13)28(3,4)5/h17,19,22-26,32,34H,16,18,20-21H2,1-15H3/b19-17+/t22-,23?,24+,25-,26-,30+,31-/m1/s1. The summed E-state index contributed by atoms with van der Waals surface area (Å²) in [5.41, 5.74) is -2.18. The molecular formula is C31H62O7Si2. The Hall–Kier alpha value is -0.556. The van der Waals surface area contributed by atoms with Crippen molar-refractivity contribution in [2.45, 2.75) is 167 Å². The molecule has 1 unspecified atom stereocenters. The van der Waals surface area contributed by atoms with Gasteiger partial charge in [0.2, 0.25) is 0 Å². The summed E-state index contributed by atoms with van der Waals surface area (Å²) in [6.45, 7) is 29.4. The van der Waals surface area contributed by atoms with Gasteiger partial charge in [-0.2, -0.15) is 0 Å². The van der Waals surface area contributed by atoms with Crippen molar-refractivity contribution in [3.63, 3.8) is 0 Å². The summed E-state index contributed by atoms with van der Waals surface area (Å²) in [4.78, 5) is 13.6. The number of aliphatic hydroxyl groups is 2. The fourth-order valence-electron chi connectivity index (χ4n) is 4.69. The maximum absolute atomic E-state index is 13.6. The Morgan fingerprint density at radius 3 is 2.02 bits per heavy atom. The van der Waals surface area contributed by atoms with Gasteiger partial charge in [-0.25, -0.2) is 0 Å². The van der Waals surface area contributed by atoms with Crippen LogP contribution in [-0.4, -0.2) is 75.5 Å². The van der Waals surface area contributed by atoms with Gasteiger partial charge in [0.05, 0.1) is 29.8 Å². The summed E-state index contributed by atoms with van der Waals surface area (Å²) in [6.07, 6.45) is 2.55. The molecule has 0 aromatic carbocycles. The number of aliphatic hydroxyl groups excluding tert-OH is 1. The van der Waals surface area contributed by atoms with Crippen LogP contribution < -0.4 is 0 Å². The smallest absolute Gasteiger partial charge is 0.311 e. The minimum absolute atomic E-state index is 0.0338. The Bertz CT molecular complexity index is 857. The predicted octanol–water partition coefficient (Wildman–Crippen LogP) is 6.98. The molecule has 1 heterocycles. The second-order valence-electron chi connectivity index (χ2n) is 15.4. The Balaban J connectivity index is 3.75. The summed E-state index contributed by atoms with van der Waals surface area (Å²) < 4.78 is 26.2. The van der Waals surface area contributed by atoms with E-state index < -0.39 is 64.1 Å². The van der Waals surface area contributed by atoms with Crippen LogP contribution in [0.3, 0.4) is 0 Å². The molecule has 7 atom stereocenters. The molecule has 0 saturated carbocycles. The molecule has 0 aromatic rings.